The molecule has 8 heteroatoms. The van der Waals surface area contributed by atoms with Gasteiger partial charge in [0, 0.05) is 6.42 Å². The van der Waals surface area contributed by atoms with E-state index in [1.807, 2.05) is 26.1 Å². The lowest BCUT2D eigenvalue weighted by atomic mass is 10.2. The van der Waals surface area contributed by atoms with Crippen LogP contribution in [0.2, 0.25) is 13.1 Å². The molecule has 2 N–H and O–H groups in total. The van der Waals surface area contributed by atoms with Crippen molar-refractivity contribution in [1.29, 1.82) is 0 Å². The van der Waals surface area contributed by atoms with E-state index in [4.69, 9.17) is 9.84 Å². The molecule has 0 fully saturated rings. The number of para-hydroxylation sites is 1. The summed E-state index contributed by atoms with van der Waals surface area (Å²) in [5, 5.41) is 19.5. The number of carbonyl (C=O) groups is 1. The smallest absolute Gasteiger partial charge is 0.416 e. The van der Waals surface area contributed by atoms with Crippen molar-refractivity contribution in [3.8, 4) is 11.5 Å². The van der Waals surface area contributed by atoms with Crippen LogP contribution in [0.5, 0.6) is 11.5 Å². The van der Waals surface area contributed by atoms with Gasteiger partial charge in [-0.05, 0) is 17.7 Å². The van der Waals surface area contributed by atoms with Crippen LogP contribution in [-0.4, -0.2) is 31.4 Å². The predicted molar refractivity (Wildman–Crippen MR) is 105 cm³/mol. The summed E-state index contributed by atoms with van der Waals surface area (Å²) >= 11 is 0. The Labute approximate surface area is 163 Å². The Kier molecular flexibility index (Phi) is 8.10. The third-order valence-electron chi connectivity index (χ3n) is 4.27. The lowest BCUT2D eigenvalue weighted by Gasteiger charge is -2.26. The fourth-order valence-corrected chi connectivity index (χ4v) is 5.30. The summed E-state index contributed by atoms with van der Waals surface area (Å²) in [6.45, 7) is 5.86. The van der Waals surface area contributed by atoms with Crippen molar-refractivity contribution < 1.29 is 32.9 Å². The molecular weight excluding hydrogens is 389 g/mol. The SMILES string of the molecule is CCCC(=O)O.COc1c(O)cccc1[Si](C)(C)c1ccc(C(F)(F)F)cc1. The molecule has 0 atom stereocenters. The monoisotopic (exact) mass is 414 g/mol. The Morgan fingerprint density at radius 2 is 1.68 bits per heavy atom. The molecule has 0 unspecified atom stereocenters. The lowest BCUT2D eigenvalue weighted by molar-refractivity contribution is -0.138. The van der Waals surface area contributed by atoms with Gasteiger partial charge in [0.2, 0.25) is 0 Å². The standard InChI is InChI=1S/C16H17F3O2Si.C4H8O2/c1-21-15-13(20)5-4-6-14(15)22(2,3)12-9-7-11(8-10-12)16(17,18)19;1-2-3-4(5)6/h4-10,20H,1-3H3;2-3H2,1H3,(H,5,6). The second-order valence-corrected chi connectivity index (χ2v) is 11.1. The van der Waals surface area contributed by atoms with Gasteiger partial charge in [0.25, 0.3) is 0 Å². The van der Waals surface area contributed by atoms with Crippen LogP contribution in [0.15, 0.2) is 42.5 Å². The number of methoxy groups -OCH3 is 1. The number of carboxylic acids is 1. The first kappa shape index (κ1) is 23.6. The highest BCUT2D eigenvalue weighted by Crippen LogP contribution is 2.29. The van der Waals surface area contributed by atoms with Crippen molar-refractivity contribution in [2.45, 2.75) is 39.0 Å². The van der Waals surface area contributed by atoms with Crippen molar-refractivity contribution >= 4 is 24.4 Å². The second-order valence-electron chi connectivity index (χ2n) is 6.70. The Morgan fingerprint density at radius 1 is 1.11 bits per heavy atom. The molecule has 0 aliphatic carbocycles. The van der Waals surface area contributed by atoms with Crippen molar-refractivity contribution in [2.75, 3.05) is 7.11 Å². The van der Waals surface area contributed by atoms with Crippen LogP contribution in [0.1, 0.15) is 25.3 Å². The number of rotatable bonds is 5. The lowest BCUT2D eigenvalue weighted by Crippen LogP contribution is -2.53. The number of hydrogen-bond acceptors (Lipinski definition) is 3. The van der Waals surface area contributed by atoms with E-state index in [0.29, 0.717) is 12.2 Å². The number of benzene rings is 2. The highest BCUT2D eigenvalue weighted by atomic mass is 28.3. The Hall–Kier alpha value is -2.48. The van der Waals surface area contributed by atoms with Gasteiger partial charge in [-0.2, -0.15) is 13.2 Å². The van der Waals surface area contributed by atoms with Gasteiger partial charge in [-0.25, -0.2) is 0 Å². The molecule has 0 radical (unpaired) electrons. The predicted octanol–water partition coefficient (Wildman–Crippen LogP) is 4.11. The normalized spacial score (nSPS) is 11.4. The highest BCUT2D eigenvalue weighted by Gasteiger charge is 2.33. The van der Waals surface area contributed by atoms with E-state index in [0.717, 1.165) is 28.9 Å². The number of ether oxygens (including phenoxy) is 1. The third kappa shape index (κ3) is 6.02. The molecule has 0 bridgehead atoms. The average Bonchev–Trinajstić information content (AvgIpc) is 2.61. The van der Waals surface area contributed by atoms with Gasteiger partial charge in [0.1, 0.15) is 8.07 Å². The molecule has 4 nitrogen and oxygen atoms in total. The molecule has 0 saturated heterocycles. The molecule has 0 heterocycles. The first-order valence-electron chi connectivity index (χ1n) is 8.71. The van der Waals surface area contributed by atoms with E-state index in [2.05, 4.69) is 0 Å². The summed E-state index contributed by atoms with van der Waals surface area (Å²) in [4.78, 5) is 9.60. The van der Waals surface area contributed by atoms with E-state index in [-0.39, 0.29) is 5.75 Å². The van der Waals surface area contributed by atoms with Crippen LogP contribution >= 0.6 is 0 Å². The van der Waals surface area contributed by atoms with Crippen molar-refractivity contribution in [2.24, 2.45) is 0 Å². The van der Waals surface area contributed by atoms with Crippen LogP contribution in [0.25, 0.3) is 0 Å². The average molecular weight is 414 g/mol. The second kappa shape index (κ2) is 9.63. The molecule has 154 valence electrons. The van der Waals surface area contributed by atoms with Crippen molar-refractivity contribution in [1.82, 2.24) is 0 Å². The summed E-state index contributed by atoms with van der Waals surface area (Å²) in [5.74, 6) is -0.288. The highest BCUT2D eigenvalue weighted by molar-refractivity contribution is 7.01. The number of halogens is 3. The van der Waals surface area contributed by atoms with Gasteiger partial charge in [0.05, 0.1) is 12.7 Å². The Balaban J connectivity index is 0.000000568. The number of alkyl halides is 3. The molecule has 0 amide bonds. The van der Waals surface area contributed by atoms with Gasteiger partial charge < -0.3 is 14.9 Å². The Bertz CT molecular complexity index is 787. The van der Waals surface area contributed by atoms with E-state index in [1.165, 1.54) is 25.3 Å². The maximum absolute atomic E-state index is 12.7. The zero-order valence-electron chi connectivity index (χ0n) is 16.3. The van der Waals surface area contributed by atoms with Crippen LogP contribution in [0.4, 0.5) is 13.2 Å². The molecule has 2 rings (SSSR count). The summed E-state index contributed by atoms with van der Waals surface area (Å²) in [6.07, 6.45) is -3.32. The van der Waals surface area contributed by atoms with Gasteiger partial charge in [0.15, 0.2) is 11.5 Å². The van der Waals surface area contributed by atoms with Crippen LogP contribution in [-0.2, 0) is 11.0 Å². The van der Waals surface area contributed by atoms with Crippen molar-refractivity contribution in [3.05, 3.63) is 48.0 Å². The van der Waals surface area contributed by atoms with E-state index in [9.17, 15) is 23.1 Å². The van der Waals surface area contributed by atoms with Crippen LogP contribution in [0.3, 0.4) is 0 Å². The maximum Gasteiger partial charge on any atom is 0.416 e. The van der Waals surface area contributed by atoms with E-state index in [1.54, 1.807) is 6.07 Å². The zero-order valence-corrected chi connectivity index (χ0v) is 17.3. The summed E-state index contributed by atoms with van der Waals surface area (Å²) < 4.78 is 43.3. The van der Waals surface area contributed by atoms with Crippen molar-refractivity contribution in [3.63, 3.8) is 0 Å². The van der Waals surface area contributed by atoms with Crippen LogP contribution < -0.4 is 15.1 Å². The molecule has 2 aromatic rings. The number of phenolic OH excluding ortho intramolecular Hbond substituents is 1. The van der Waals surface area contributed by atoms with E-state index >= 15 is 0 Å². The fraction of sp³-hybridized carbons (Fsp3) is 0.350. The quantitative estimate of drug-likeness (QED) is 0.723. The molecule has 0 aromatic heterocycles. The fourth-order valence-electron chi connectivity index (χ4n) is 2.68. The maximum atomic E-state index is 12.7. The molecular formula is C20H25F3O4Si. The first-order valence-corrected chi connectivity index (χ1v) is 11.7. The number of hydrogen-bond donors (Lipinski definition) is 2. The number of phenols is 1. The molecule has 0 saturated carbocycles. The minimum absolute atomic E-state index is 0.0347. The van der Waals surface area contributed by atoms with E-state index < -0.39 is 25.8 Å². The Morgan fingerprint density at radius 3 is 2.07 bits per heavy atom. The van der Waals surface area contributed by atoms with Gasteiger partial charge in [-0.3, -0.25) is 4.79 Å². The molecule has 2 aromatic carbocycles. The number of aliphatic carboxylic acids is 1. The minimum atomic E-state index is -4.34. The largest absolute Gasteiger partial charge is 0.504 e. The third-order valence-corrected chi connectivity index (χ3v) is 7.79. The molecule has 28 heavy (non-hydrogen) atoms. The zero-order chi connectivity index (χ0) is 21.5. The topological polar surface area (TPSA) is 66.8 Å². The number of aromatic hydroxyl groups is 1. The molecule has 0 aliphatic heterocycles. The van der Waals surface area contributed by atoms with Gasteiger partial charge >= 0.3 is 12.1 Å². The summed E-state index contributed by atoms with van der Waals surface area (Å²) in [6, 6.07) is 10.3. The first-order chi connectivity index (χ1) is 12.9. The number of carboxylic acid groups (broad SMARTS) is 1. The molecule has 0 aliphatic rings. The summed E-state index contributed by atoms with van der Waals surface area (Å²) in [5.41, 5.74) is -0.663. The molecule has 0 spiro atoms. The minimum Gasteiger partial charge on any atom is -0.504 e. The van der Waals surface area contributed by atoms with Gasteiger partial charge in [-0.1, -0.05) is 61.6 Å². The summed E-state index contributed by atoms with van der Waals surface area (Å²) in [7, 11) is -0.819. The van der Waals surface area contributed by atoms with Gasteiger partial charge in [-0.15, -0.1) is 0 Å². The van der Waals surface area contributed by atoms with Crippen LogP contribution in [0, 0.1) is 0 Å².